The zero-order chi connectivity index (χ0) is 23.2. The average Bonchev–Trinajstić information content (AvgIpc) is 3.56. The molecular weight excluding hydrogens is 468 g/mol. The maximum Gasteiger partial charge on any atom is 0.328 e. The minimum absolute atomic E-state index is 0.223. The number of nitriles is 1. The Hall–Kier alpha value is -3.59. The standard InChI is InChI=1S/C23H22N8OS2/c24-9-5-10-30-11-13-31(14-12-30)21-26-20(27-22(29-21)32-17-6-2-1-3-7-17)28-23-25-16-19(34-23)18-8-4-15-33-18/h1-4,6-8,15-16H,5,10-14H2,(H,25,26,27,28,29). The molecule has 1 aliphatic rings. The number of rotatable bonds is 8. The first kappa shape index (κ1) is 22.2. The van der Waals surface area contributed by atoms with Gasteiger partial charge in [0.25, 0.3) is 0 Å². The smallest absolute Gasteiger partial charge is 0.328 e. The van der Waals surface area contributed by atoms with Crippen LogP contribution in [-0.4, -0.2) is 57.6 Å². The van der Waals surface area contributed by atoms with Gasteiger partial charge in [0, 0.05) is 50.2 Å². The Morgan fingerprint density at radius 2 is 1.85 bits per heavy atom. The molecule has 1 N–H and O–H groups in total. The third-order valence-corrected chi connectivity index (χ3v) is 7.22. The zero-order valence-corrected chi connectivity index (χ0v) is 19.9. The first-order valence-corrected chi connectivity index (χ1v) is 12.6. The van der Waals surface area contributed by atoms with Gasteiger partial charge in [-0.3, -0.25) is 10.2 Å². The number of hydrogen-bond acceptors (Lipinski definition) is 11. The van der Waals surface area contributed by atoms with Gasteiger partial charge < -0.3 is 9.64 Å². The van der Waals surface area contributed by atoms with Crippen LogP contribution >= 0.6 is 22.7 Å². The molecule has 1 fully saturated rings. The number of ether oxygens (including phenoxy) is 1. The van der Waals surface area contributed by atoms with E-state index in [0.717, 1.165) is 37.6 Å². The monoisotopic (exact) mass is 490 g/mol. The molecule has 0 bridgehead atoms. The van der Waals surface area contributed by atoms with Crippen LogP contribution in [0.3, 0.4) is 0 Å². The Balaban J connectivity index is 1.37. The van der Waals surface area contributed by atoms with Gasteiger partial charge >= 0.3 is 6.01 Å². The van der Waals surface area contributed by atoms with E-state index in [1.165, 1.54) is 4.88 Å². The largest absolute Gasteiger partial charge is 0.424 e. The van der Waals surface area contributed by atoms with Gasteiger partial charge in [0.15, 0.2) is 5.13 Å². The number of benzene rings is 1. The molecule has 9 nitrogen and oxygen atoms in total. The first-order chi connectivity index (χ1) is 16.8. The molecule has 4 aromatic rings. The number of nitrogens with one attached hydrogen (secondary N) is 1. The van der Waals surface area contributed by atoms with Crippen molar-refractivity contribution in [3.63, 3.8) is 0 Å². The van der Waals surface area contributed by atoms with Crippen LogP contribution in [0.2, 0.25) is 0 Å². The normalized spacial score (nSPS) is 14.0. The quantitative estimate of drug-likeness (QED) is 0.379. The third kappa shape index (κ3) is 5.48. The highest BCUT2D eigenvalue weighted by atomic mass is 32.1. The van der Waals surface area contributed by atoms with Crippen LogP contribution in [0.15, 0.2) is 54.0 Å². The fourth-order valence-electron chi connectivity index (χ4n) is 3.52. The molecule has 0 saturated carbocycles. The van der Waals surface area contributed by atoms with Crippen molar-refractivity contribution in [2.75, 3.05) is 42.9 Å². The number of hydrogen-bond donors (Lipinski definition) is 1. The van der Waals surface area contributed by atoms with E-state index in [0.29, 0.717) is 29.2 Å². The molecule has 1 aromatic carbocycles. The van der Waals surface area contributed by atoms with Gasteiger partial charge in [0.2, 0.25) is 11.9 Å². The second-order valence-electron chi connectivity index (χ2n) is 7.53. The third-order valence-electron chi connectivity index (χ3n) is 5.24. The van der Waals surface area contributed by atoms with Crippen molar-refractivity contribution < 1.29 is 4.74 Å². The predicted octanol–water partition coefficient (Wildman–Crippen LogP) is 4.63. The van der Waals surface area contributed by atoms with Crippen LogP contribution in [0.25, 0.3) is 9.75 Å². The summed E-state index contributed by atoms with van der Waals surface area (Å²) in [7, 11) is 0. The summed E-state index contributed by atoms with van der Waals surface area (Å²) < 4.78 is 5.94. The van der Waals surface area contributed by atoms with Crippen LogP contribution in [0.4, 0.5) is 17.0 Å². The second kappa shape index (κ2) is 10.6. The molecule has 0 aliphatic carbocycles. The highest BCUT2D eigenvalue weighted by Gasteiger charge is 2.21. The summed E-state index contributed by atoms with van der Waals surface area (Å²) in [5.74, 6) is 1.59. The number of aromatic nitrogens is 4. The van der Waals surface area contributed by atoms with Crippen molar-refractivity contribution in [1.29, 1.82) is 5.26 Å². The van der Waals surface area contributed by atoms with Crippen molar-refractivity contribution in [2.24, 2.45) is 0 Å². The molecule has 0 spiro atoms. The van der Waals surface area contributed by atoms with E-state index in [9.17, 15) is 0 Å². The molecule has 4 heterocycles. The molecule has 1 aliphatic heterocycles. The van der Waals surface area contributed by atoms with Crippen molar-refractivity contribution in [1.82, 2.24) is 24.8 Å². The maximum atomic E-state index is 8.85. The molecule has 11 heteroatoms. The summed E-state index contributed by atoms with van der Waals surface area (Å²) in [6.07, 6.45) is 2.39. The van der Waals surface area contributed by atoms with E-state index in [1.54, 1.807) is 22.7 Å². The Morgan fingerprint density at radius 3 is 2.62 bits per heavy atom. The molecule has 172 valence electrons. The van der Waals surface area contributed by atoms with Crippen LogP contribution in [0.5, 0.6) is 11.8 Å². The van der Waals surface area contributed by atoms with Crippen LogP contribution < -0.4 is 15.0 Å². The van der Waals surface area contributed by atoms with E-state index in [1.807, 2.05) is 48.0 Å². The van der Waals surface area contributed by atoms with Crippen molar-refractivity contribution in [3.8, 4) is 27.6 Å². The first-order valence-electron chi connectivity index (χ1n) is 10.9. The Labute approximate surface area is 205 Å². The van der Waals surface area contributed by atoms with Crippen molar-refractivity contribution >= 4 is 39.7 Å². The maximum absolute atomic E-state index is 8.85. The zero-order valence-electron chi connectivity index (χ0n) is 18.3. The average molecular weight is 491 g/mol. The number of thiophene rings is 1. The van der Waals surface area contributed by atoms with Gasteiger partial charge in [-0.2, -0.15) is 20.2 Å². The van der Waals surface area contributed by atoms with Gasteiger partial charge in [-0.05, 0) is 23.6 Å². The fourth-order valence-corrected chi connectivity index (χ4v) is 5.15. The van der Waals surface area contributed by atoms with E-state index in [2.05, 4.69) is 47.2 Å². The van der Waals surface area contributed by atoms with Crippen LogP contribution in [0, 0.1) is 11.3 Å². The molecule has 0 amide bonds. The molecule has 0 atom stereocenters. The van der Waals surface area contributed by atoms with Gasteiger partial charge in [-0.1, -0.05) is 35.6 Å². The number of para-hydroxylation sites is 1. The lowest BCUT2D eigenvalue weighted by atomic mass is 10.3. The Morgan fingerprint density at radius 1 is 1.00 bits per heavy atom. The second-order valence-corrected chi connectivity index (χ2v) is 9.50. The number of anilines is 3. The van der Waals surface area contributed by atoms with E-state index in [-0.39, 0.29) is 6.01 Å². The number of nitrogens with zero attached hydrogens (tertiary/aromatic N) is 7. The molecule has 3 aromatic heterocycles. The van der Waals surface area contributed by atoms with E-state index in [4.69, 9.17) is 10.00 Å². The van der Waals surface area contributed by atoms with E-state index >= 15 is 0 Å². The minimum atomic E-state index is 0.223. The summed E-state index contributed by atoms with van der Waals surface area (Å²) in [5, 5.41) is 14.8. The highest BCUT2D eigenvalue weighted by molar-refractivity contribution is 7.23. The highest BCUT2D eigenvalue weighted by Crippen LogP contribution is 2.33. The van der Waals surface area contributed by atoms with Crippen LogP contribution in [-0.2, 0) is 0 Å². The Kier molecular flexibility index (Phi) is 6.90. The SMILES string of the molecule is N#CCCN1CCN(c2nc(Nc3ncc(-c4cccs4)s3)nc(Oc3ccccc3)n2)CC1. The molecular formula is C23H22N8OS2. The lowest BCUT2D eigenvalue weighted by molar-refractivity contribution is 0.262. The molecule has 5 rings (SSSR count). The summed E-state index contributed by atoms with van der Waals surface area (Å²) in [4.78, 5) is 24.9. The summed E-state index contributed by atoms with van der Waals surface area (Å²) in [5.41, 5.74) is 0. The van der Waals surface area contributed by atoms with Gasteiger partial charge in [0.05, 0.1) is 10.9 Å². The predicted molar refractivity (Wildman–Crippen MR) is 134 cm³/mol. The molecule has 34 heavy (non-hydrogen) atoms. The molecule has 0 unspecified atom stereocenters. The van der Waals surface area contributed by atoms with Gasteiger partial charge in [0.1, 0.15) is 5.75 Å². The molecule has 0 radical (unpaired) electrons. The van der Waals surface area contributed by atoms with Gasteiger partial charge in [-0.25, -0.2) is 4.98 Å². The van der Waals surface area contributed by atoms with Crippen molar-refractivity contribution in [2.45, 2.75) is 6.42 Å². The topological polar surface area (TPSA) is 103 Å². The van der Waals surface area contributed by atoms with Crippen molar-refractivity contribution in [3.05, 3.63) is 54.0 Å². The van der Waals surface area contributed by atoms with E-state index < -0.39 is 0 Å². The van der Waals surface area contributed by atoms with Gasteiger partial charge in [-0.15, -0.1) is 11.3 Å². The minimum Gasteiger partial charge on any atom is -0.424 e. The number of piperazine rings is 1. The Bertz CT molecular complexity index is 1250. The summed E-state index contributed by atoms with van der Waals surface area (Å²) >= 11 is 3.22. The lowest BCUT2D eigenvalue weighted by Crippen LogP contribution is -2.47. The lowest BCUT2D eigenvalue weighted by Gasteiger charge is -2.34. The number of thiazole rings is 1. The summed E-state index contributed by atoms with van der Waals surface area (Å²) in [6, 6.07) is 16.0. The summed E-state index contributed by atoms with van der Waals surface area (Å²) in [6.45, 7) is 4.01. The van der Waals surface area contributed by atoms with Crippen LogP contribution in [0.1, 0.15) is 6.42 Å². The fraction of sp³-hybridized carbons (Fsp3) is 0.261. The molecule has 1 saturated heterocycles.